The van der Waals surface area contributed by atoms with Gasteiger partial charge in [-0.25, -0.2) is 0 Å². The number of ether oxygens (including phenoxy) is 2. The van der Waals surface area contributed by atoms with Gasteiger partial charge in [-0.05, 0) is 18.2 Å². The van der Waals surface area contributed by atoms with Crippen molar-refractivity contribution in [2.45, 2.75) is 6.42 Å². The molecule has 2 aromatic rings. The van der Waals surface area contributed by atoms with Gasteiger partial charge in [0.05, 0.1) is 26.3 Å². The molecule has 1 aliphatic rings. The summed E-state index contributed by atoms with van der Waals surface area (Å²) in [7, 11) is 3.19. The Labute approximate surface area is 153 Å². The summed E-state index contributed by atoms with van der Waals surface area (Å²) in [5.41, 5.74) is 1.66. The van der Waals surface area contributed by atoms with Crippen molar-refractivity contribution in [3.63, 3.8) is 0 Å². The van der Waals surface area contributed by atoms with Gasteiger partial charge < -0.3 is 24.4 Å². The first kappa shape index (κ1) is 17.9. The highest BCUT2D eigenvalue weighted by Gasteiger charge is 2.23. The minimum absolute atomic E-state index is 0.0744. The molecule has 0 atom stereocenters. The lowest BCUT2D eigenvalue weighted by atomic mass is 10.1. The number of carbonyl (C=O) groups excluding carboxylic acids is 1. The van der Waals surface area contributed by atoms with Crippen molar-refractivity contribution in [1.82, 2.24) is 4.90 Å². The molecule has 0 aliphatic carbocycles. The fourth-order valence-electron chi connectivity index (χ4n) is 3.20. The number of phenols is 1. The standard InChI is InChI=1S/C20H24N2O4/c1-25-16-8-7-15(19(14-16)26-2)13-20(24)22-11-9-21(10-12-22)17-5-3-4-6-18(17)23/h3-8,14,23H,9-13H2,1-2H3. The maximum atomic E-state index is 12.7. The van der Waals surface area contributed by atoms with Crippen LogP contribution in [0.4, 0.5) is 5.69 Å². The maximum absolute atomic E-state index is 12.7. The van der Waals surface area contributed by atoms with E-state index in [1.54, 1.807) is 32.4 Å². The van der Waals surface area contributed by atoms with E-state index in [2.05, 4.69) is 4.90 Å². The predicted molar refractivity (Wildman–Crippen MR) is 100 cm³/mol. The highest BCUT2D eigenvalue weighted by atomic mass is 16.5. The lowest BCUT2D eigenvalue weighted by Crippen LogP contribution is -2.49. The number of anilines is 1. The molecule has 0 bridgehead atoms. The molecule has 0 unspecified atom stereocenters. The second-order valence-corrected chi connectivity index (χ2v) is 6.21. The summed E-state index contributed by atoms with van der Waals surface area (Å²) in [6.07, 6.45) is 0.295. The third-order valence-electron chi connectivity index (χ3n) is 4.69. The Bertz CT molecular complexity index is 770. The first-order chi connectivity index (χ1) is 12.6. The van der Waals surface area contributed by atoms with Crippen LogP contribution in [0.25, 0.3) is 0 Å². The molecule has 1 saturated heterocycles. The van der Waals surface area contributed by atoms with Gasteiger partial charge in [0, 0.05) is 37.8 Å². The Hall–Kier alpha value is -2.89. The largest absolute Gasteiger partial charge is 0.506 e. The number of amides is 1. The van der Waals surface area contributed by atoms with Crippen LogP contribution in [-0.4, -0.2) is 56.3 Å². The van der Waals surface area contributed by atoms with Crippen LogP contribution < -0.4 is 14.4 Å². The third-order valence-corrected chi connectivity index (χ3v) is 4.69. The number of phenolic OH excluding ortho intramolecular Hbond substituents is 1. The summed E-state index contributed by atoms with van der Waals surface area (Å²) in [5, 5.41) is 9.99. The fraction of sp³-hybridized carbons (Fsp3) is 0.350. The summed E-state index contributed by atoms with van der Waals surface area (Å²) in [5.74, 6) is 1.71. The van der Waals surface area contributed by atoms with Gasteiger partial charge in [-0.15, -0.1) is 0 Å². The zero-order chi connectivity index (χ0) is 18.5. The summed E-state index contributed by atoms with van der Waals surface area (Å²) < 4.78 is 10.6. The van der Waals surface area contributed by atoms with E-state index in [1.807, 2.05) is 29.2 Å². The summed E-state index contributed by atoms with van der Waals surface area (Å²) in [6.45, 7) is 2.66. The van der Waals surface area contributed by atoms with E-state index < -0.39 is 0 Å². The van der Waals surface area contributed by atoms with Crippen molar-refractivity contribution >= 4 is 11.6 Å². The maximum Gasteiger partial charge on any atom is 0.227 e. The molecular formula is C20H24N2O4. The molecule has 1 fully saturated rings. The van der Waals surface area contributed by atoms with Crippen molar-refractivity contribution < 1.29 is 19.4 Å². The molecule has 0 aromatic heterocycles. The number of benzene rings is 2. The summed E-state index contributed by atoms with van der Waals surface area (Å²) >= 11 is 0. The number of hydrogen-bond donors (Lipinski definition) is 1. The van der Waals surface area contributed by atoms with Crippen molar-refractivity contribution in [3.8, 4) is 17.2 Å². The average molecular weight is 356 g/mol. The molecule has 0 radical (unpaired) electrons. The van der Waals surface area contributed by atoms with Crippen molar-refractivity contribution in [1.29, 1.82) is 0 Å². The highest BCUT2D eigenvalue weighted by molar-refractivity contribution is 5.80. The molecule has 26 heavy (non-hydrogen) atoms. The molecule has 0 spiro atoms. The second kappa shape index (κ2) is 7.99. The molecule has 1 aliphatic heterocycles. The second-order valence-electron chi connectivity index (χ2n) is 6.21. The molecule has 1 heterocycles. The molecule has 3 rings (SSSR count). The first-order valence-corrected chi connectivity index (χ1v) is 8.64. The molecule has 138 valence electrons. The summed E-state index contributed by atoms with van der Waals surface area (Å²) in [6, 6.07) is 12.8. The van der Waals surface area contributed by atoms with Crippen molar-refractivity contribution in [2.24, 2.45) is 0 Å². The zero-order valence-electron chi connectivity index (χ0n) is 15.1. The molecule has 6 heteroatoms. The number of piperazine rings is 1. The number of nitrogens with zero attached hydrogens (tertiary/aromatic N) is 2. The smallest absolute Gasteiger partial charge is 0.227 e. The minimum atomic E-state index is 0.0744. The van der Waals surface area contributed by atoms with E-state index in [1.165, 1.54) is 0 Å². The van der Waals surface area contributed by atoms with Crippen LogP contribution in [0, 0.1) is 0 Å². The van der Waals surface area contributed by atoms with Gasteiger partial charge in [0.25, 0.3) is 0 Å². The van der Waals surface area contributed by atoms with E-state index >= 15 is 0 Å². The van der Waals surface area contributed by atoms with Gasteiger partial charge in [-0.3, -0.25) is 4.79 Å². The van der Waals surface area contributed by atoms with Crippen LogP contribution in [0.1, 0.15) is 5.56 Å². The van der Waals surface area contributed by atoms with Crippen LogP contribution in [0.5, 0.6) is 17.2 Å². The van der Waals surface area contributed by atoms with E-state index in [0.29, 0.717) is 44.1 Å². The number of aromatic hydroxyl groups is 1. The van der Waals surface area contributed by atoms with E-state index in [9.17, 15) is 9.90 Å². The van der Waals surface area contributed by atoms with Crippen LogP contribution >= 0.6 is 0 Å². The van der Waals surface area contributed by atoms with Crippen LogP contribution in [0.3, 0.4) is 0 Å². The van der Waals surface area contributed by atoms with Gasteiger partial charge in [0.15, 0.2) is 0 Å². The molecule has 1 N–H and O–H groups in total. The lowest BCUT2D eigenvalue weighted by molar-refractivity contribution is -0.130. The highest BCUT2D eigenvalue weighted by Crippen LogP contribution is 2.28. The van der Waals surface area contributed by atoms with Crippen LogP contribution in [0.15, 0.2) is 42.5 Å². The predicted octanol–water partition coefficient (Wildman–Crippen LogP) is 2.30. The Kier molecular flexibility index (Phi) is 5.51. The topological polar surface area (TPSA) is 62.2 Å². The van der Waals surface area contributed by atoms with Gasteiger partial charge in [0.2, 0.25) is 5.91 Å². The van der Waals surface area contributed by atoms with E-state index in [-0.39, 0.29) is 11.7 Å². The van der Waals surface area contributed by atoms with Gasteiger partial charge in [-0.1, -0.05) is 18.2 Å². The zero-order valence-corrected chi connectivity index (χ0v) is 15.1. The number of para-hydroxylation sites is 2. The van der Waals surface area contributed by atoms with Gasteiger partial charge in [-0.2, -0.15) is 0 Å². The van der Waals surface area contributed by atoms with Crippen molar-refractivity contribution in [2.75, 3.05) is 45.3 Å². The molecule has 1 amide bonds. The molecular weight excluding hydrogens is 332 g/mol. The van der Waals surface area contributed by atoms with Crippen LogP contribution in [-0.2, 0) is 11.2 Å². The molecule has 6 nitrogen and oxygen atoms in total. The van der Waals surface area contributed by atoms with Crippen LogP contribution in [0.2, 0.25) is 0 Å². The quantitative estimate of drug-likeness (QED) is 0.891. The number of carbonyl (C=O) groups is 1. The molecule has 2 aromatic carbocycles. The van der Waals surface area contributed by atoms with Gasteiger partial charge >= 0.3 is 0 Å². The van der Waals surface area contributed by atoms with E-state index in [4.69, 9.17) is 9.47 Å². The number of hydrogen-bond acceptors (Lipinski definition) is 5. The van der Waals surface area contributed by atoms with Gasteiger partial charge in [0.1, 0.15) is 17.2 Å². The lowest BCUT2D eigenvalue weighted by Gasteiger charge is -2.36. The Morgan fingerprint density at radius 3 is 2.42 bits per heavy atom. The molecule has 0 saturated carbocycles. The number of rotatable bonds is 5. The Morgan fingerprint density at radius 1 is 1.04 bits per heavy atom. The van der Waals surface area contributed by atoms with Crippen molar-refractivity contribution in [3.05, 3.63) is 48.0 Å². The third kappa shape index (κ3) is 3.85. The summed E-state index contributed by atoms with van der Waals surface area (Å²) in [4.78, 5) is 16.6. The number of methoxy groups -OCH3 is 2. The van der Waals surface area contributed by atoms with E-state index in [0.717, 1.165) is 11.3 Å². The minimum Gasteiger partial charge on any atom is -0.506 e. The SMILES string of the molecule is COc1ccc(CC(=O)N2CCN(c3ccccc3O)CC2)c(OC)c1. The fourth-order valence-corrected chi connectivity index (χ4v) is 3.20. The Morgan fingerprint density at radius 2 is 1.77 bits per heavy atom. The normalized spacial score (nSPS) is 14.2. The average Bonchev–Trinajstić information content (AvgIpc) is 2.68. The first-order valence-electron chi connectivity index (χ1n) is 8.64. The Balaban J connectivity index is 1.61. The monoisotopic (exact) mass is 356 g/mol.